The van der Waals surface area contributed by atoms with Crippen LogP contribution in [0.25, 0.3) is 5.57 Å². The van der Waals surface area contributed by atoms with Gasteiger partial charge in [0.2, 0.25) is 0 Å². The number of halogens is 2. The van der Waals surface area contributed by atoms with Gasteiger partial charge in [-0.05, 0) is 79.0 Å². The van der Waals surface area contributed by atoms with Gasteiger partial charge in [-0.2, -0.15) is 0 Å². The summed E-state index contributed by atoms with van der Waals surface area (Å²) in [7, 11) is 0.212. The van der Waals surface area contributed by atoms with Crippen LogP contribution in [0, 0.1) is 11.3 Å². The first-order valence-corrected chi connectivity index (χ1v) is 16.0. The highest BCUT2D eigenvalue weighted by Crippen LogP contribution is 2.47. The Morgan fingerprint density at radius 2 is 1.71 bits per heavy atom. The minimum atomic E-state index is -3.28. The van der Waals surface area contributed by atoms with E-state index < -0.39 is 15.8 Å². The SMILES string of the molecule is CC.CC1=CC2CCCC2(C)C=C1.CN(C)c1ccc(Cc2ccc(S(C)(=O)=O)cc2)cc1/C(=C\C=O)C(C)(F)F. The molecule has 4 rings (SSSR count). The third-order valence-electron chi connectivity index (χ3n) is 7.57. The molecule has 0 N–H and O–H groups in total. The molecule has 2 atom stereocenters. The number of aldehydes is 1. The molecule has 0 amide bonds. The quantitative estimate of drug-likeness (QED) is 0.242. The van der Waals surface area contributed by atoms with Crippen molar-refractivity contribution < 1.29 is 22.0 Å². The summed E-state index contributed by atoms with van der Waals surface area (Å²) >= 11 is 0. The van der Waals surface area contributed by atoms with Crippen molar-refractivity contribution in [3.8, 4) is 0 Å². The van der Waals surface area contributed by atoms with E-state index in [1.165, 1.54) is 37.0 Å². The first-order chi connectivity index (χ1) is 19.1. The van der Waals surface area contributed by atoms with Gasteiger partial charge in [-0.15, -0.1) is 0 Å². The standard InChI is InChI=1S/C21H23F2NO3S.C11H16.C2H6/c1-21(22,23)19(11-12-25)18-14-16(7-10-20(18)24(2)3)13-15-5-8-17(9-6-15)28(4,26)27;1-9-5-7-11(2)6-3-4-10(11)8-9;1-2/h5-12,14H,13H2,1-4H3;5,7-8,10H,3-4,6H2,1-2H3;1-2H3/b19-11+;;. The molecule has 0 heterocycles. The molecule has 2 aliphatic rings. The zero-order valence-electron chi connectivity index (χ0n) is 25.7. The maximum Gasteiger partial charge on any atom is 0.271 e. The Kier molecular flexibility index (Phi) is 11.8. The van der Waals surface area contributed by atoms with Crippen molar-refractivity contribution in [3.63, 3.8) is 0 Å². The summed E-state index contributed by atoms with van der Waals surface area (Å²) in [6.07, 6.45) is 14.2. The maximum absolute atomic E-state index is 14.1. The fourth-order valence-electron chi connectivity index (χ4n) is 5.32. The summed E-state index contributed by atoms with van der Waals surface area (Å²) in [4.78, 5) is 12.9. The van der Waals surface area contributed by atoms with Gasteiger partial charge in [0.25, 0.3) is 5.92 Å². The molecule has 224 valence electrons. The lowest BCUT2D eigenvalue weighted by Gasteiger charge is -2.29. The van der Waals surface area contributed by atoms with Crippen LogP contribution in [0.1, 0.15) is 70.6 Å². The Labute approximate surface area is 245 Å². The van der Waals surface area contributed by atoms with Gasteiger partial charge in [-0.25, -0.2) is 17.2 Å². The lowest BCUT2D eigenvalue weighted by Crippen LogP contribution is -2.19. The molecule has 1 saturated carbocycles. The van der Waals surface area contributed by atoms with Crippen molar-refractivity contribution in [1.82, 2.24) is 0 Å². The number of anilines is 1. The normalized spacial score (nSPS) is 20.1. The monoisotopic (exact) mass is 585 g/mol. The highest BCUT2D eigenvalue weighted by molar-refractivity contribution is 7.90. The first kappa shape index (κ1) is 34.1. The van der Waals surface area contributed by atoms with E-state index in [-0.39, 0.29) is 16.0 Å². The van der Waals surface area contributed by atoms with Crippen molar-refractivity contribution in [3.05, 3.63) is 89.0 Å². The fourth-order valence-corrected chi connectivity index (χ4v) is 5.95. The van der Waals surface area contributed by atoms with Gasteiger partial charge in [0.15, 0.2) is 9.84 Å². The number of hydrogen-bond donors (Lipinski definition) is 0. The molecule has 0 radical (unpaired) electrons. The number of fused-ring (bicyclic) bond motifs is 1. The molecular weight excluding hydrogens is 540 g/mol. The molecule has 0 spiro atoms. The molecule has 1 fully saturated rings. The van der Waals surface area contributed by atoms with Crippen molar-refractivity contribution in [1.29, 1.82) is 0 Å². The summed E-state index contributed by atoms with van der Waals surface area (Å²) < 4.78 is 51.4. The van der Waals surface area contributed by atoms with E-state index in [4.69, 9.17) is 0 Å². The minimum absolute atomic E-state index is 0.224. The van der Waals surface area contributed by atoms with Crippen LogP contribution in [0.2, 0.25) is 0 Å². The lowest BCUT2D eigenvalue weighted by molar-refractivity contribution is -0.104. The average molecular weight is 586 g/mol. The van der Waals surface area contributed by atoms with Crippen LogP contribution in [0.5, 0.6) is 0 Å². The first-order valence-electron chi connectivity index (χ1n) is 14.1. The topological polar surface area (TPSA) is 54.5 Å². The van der Waals surface area contributed by atoms with Crippen molar-refractivity contribution in [2.75, 3.05) is 25.3 Å². The second kappa shape index (κ2) is 14.2. The summed E-state index contributed by atoms with van der Waals surface area (Å²) in [5, 5.41) is 0. The smallest absolute Gasteiger partial charge is 0.271 e. The van der Waals surface area contributed by atoms with Crippen LogP contribution in [0.15, 0.2) is 77.2 Å². The van der Waals surface area contributed by atoms with Gasteiger partial charge in [0.05, 0.1) is 4.90 Å². The second-order valence-corrected chi connectivity index (χ2v) is 13.2. The lowest BCUT2D eigenvalue weighted by atomic mass is 9.76. The van der Waals surface area contributed by atoms with Gasteiger partial charge in [-0.3, -0.25) is 4.79 Å². The molecule has 0 aromatic heterocycles. The molecule has 0 bridgehead atoms. The zero-order valence-corrected chi connectivity index (χ0v) is 26.5. The minimum Gasteiger partial charge on any atom is -0.377 e. The molecule has 2 aliphatic carbocycles. The van der Waals surface area contributed by atoms with E-state index in [0.29, 0.717) is 23.8 Å². The highest BCUT2D eigenvalue weighted by Gasteiger charge is 2.36. The van der Waals surface area contributed by atoms with Gasteiger partial charge in [-0.1, -0.05) is 69.2 Å². The highest BCUT2D eigenvalue weighted by atomic mass is 32.2. The van der Waals surface area contributed by atoms with Gasteiger partial charge < -0.3 is 4.90 Å². The molecule has 2 aromatic rings. The van der Waals surface area contributed by atoms with Crippen LogP contribution < -0.4 is 4.90 Å². The molecular formula is C34H45F2NO3S. The molecule has 4 nitrogen and oxygen atoms in total. The average Bonchev–Trinajstić information content (AvgIpc) is 3.28. The zero-order chi connectivity index (χ0) is 31.0. The van der Waals surface area contributed by atoms with E-state index in [1.807, 2.05) is 19.9 Å². The second-order valence-electron chi connectivity index (χ2n) is 11.2. The summed E-state index contributed by atoms with van der Waals surface area (Å²) in [5.41, 5.74) is 4.10. The summed E-state index contributed by atoms with van der Waals surface area (Å²) in [5.74, 6) is -2.34. The van der Waals surface area contributed by atoms with Crippen LogP contribution >= 0.6 is 0 Å². The predicted octanol–water partition coefficient (Wildman–Crippen LogP) is 8.32. The molecule has 2 aromatic carbocycles. The van der Waals surface area contributed by atoms with Crippen molar-refractivity contribution in [2.45, 2.75) is 71.1 Å². The summed E-state index contributed by atoms with van der Waals surface area (Å²) in [6, 6.07) is 11.7. The Morgan fingerprint density at radius 3 is 2.24 bits per heavy atom. The van der Waals surface area contributed by atoms with Crippen LogP contribution in [0.3, 0.4) is 0 Å². The number of hydrogen-bond acceptors (Lipinski definition) is 4. The van der Waals surface area contributed by atoms with Gasteiger partial charge >= 0.3 is 0 Å². The number of rotatable bonds is 7. The van der Waals surface area contributed by atoms with E-state index in [2.05, 4.69) is 32.1 Å². The summed E-state index contributed by atoms with van der Waals surface area (Å²) in [6.45, 7) is 9.36. The number of carbonyl (C=O) groups excluding carboxylic acids is 1. The Hall–Kier alpha value is -3.06. The molecule has 41 heavy (non-hydrogen) atoms. The molecule has 0 aliphatic heterocycles. The maximum atomic E-state index is 14.1. The molecule has 2 unspecified atom stereocenters. The third-order valence-corrected chi connectivity index (χ3v) is 8.70. The number of allylic oxidation sites excluding steroid dienone is 6. The number of carbonyl (C=O) groups is 1. The number of alkyl halides is 2. The van der Waals surface area contributed by atoms with E-state index in [9.17, 15) is 22.0 Å². The Balaban J connectivity index is 0.000000372. The van der Waals surface area contributed by atoms with E-state index >= 15 is 0 Å². The van der Waals surface area contributed by atoms with Crippen LogP contribution in [-0.2, 0) is 21.1 Å². The molecule has 0 saturated heterocycles. The van der Waals surface area contributed by atoms with Crippen LogP contribution in [0.4, 0.5) is 14.5 Å². The fraction of sp³-hybridized carbons (Fsp3) is 0.441. The Bertz CT molecular complexity index is 1380. The largest absolute Gasteiger partial charge is 0.377 e. The van der Waals surface area contributed by atoms with Crippen molar-refractivity contribution in [2.24, 2.45) is 11.3 Å². The Morgan fingerprint density at radius 1 is 1.10 bits per heavy atom. The van der Waals surface area contributed by atoms with Crippen LogP contribution in [-0.4, -0.2) is 41.0 Å². The van der Waals surface area contributed by atoms with Crippen molar-refractivity contribution >= 4 is 27.4 Å². The number of benzene rings is 2. The number of nitrogens with zero attached hydrogens (tertiary/aromatic N) is 1. The molecule has 7 heteroatoms. The van der Waals surface area contributed by atoms with Gasteiger partial charge in [0, 0.05) is 44.1 Å². The predicted molar refractivity (Wildman–Crippen MR) is 167 cm³/mol. The van der Waals surface area contributed by atoms with E-state index in [1.54, 1.807) is 43.3 Å². The van der Waals surface area contributed by atoms with E-state index in [0.717, 1.165) is 36.3 Å². The van der Waals surface area contributed by atoms with Gasteiger partial charge in [0.1, 0.15) is 6.29 Å². The number of sulfone groups is 1. The third kappa shape index (κ3) is 9.22.